The zero-order valence-corrected chi connectivity index (χ0v) is 12.1. The van der Waals surface area contributed by atoms with Gasteiger partial charge in [-0.25, -0.2) is 0 Å². The monoisotopic (exact) mass is 293 g/mol. The second-order valence-electron chi connectivity index (χ2n) is 4.81. The van der Waals surface area contributed by atoms with E-state index >= 15 is 0 Å². The highest BCUT2D eigenvalue weighted by Crippen LogP contribution is 2.31. The standard InChI is InChI=1S/C14H19N3O4/c1-20-11-5-9(10(15)6-12(11)21-2)14(19)17-8-3-4-13(18)16-7-8/h5-6,8H,3-4,7,15H2,1-2H3,(H,16,18)(H,17,19). The number of methoxy groups -OCH3 is 2. The summed E-state index contributed by atoms with van der Waals surface area (Å²) in [5.74, 6) is 0.617. The highest BCUT2D eigenvalue weighted by molar-refractivity contribution is 6.00. The largest absolute Gasteiger partial charge is 0.493 e. The van der Waals surface area contributed by atoms with E-state index in [1.54, 1.807) is 12.1 Å². The highest BCUT2D eigenvalue weighted by Gasteiger charge is 2.22. The van der Waals surface area contributed by atoms with Gasteiger partial charge in [-0.1, -0.05) is 0 Å². The molecule has 1 aromatic rings. The second kappa shape index (κ2) is 6.34. The van der Waals surface area contributed by atoms with Gasteiger partial charge in [0.2, 0.25) is 5.91 Å². The molecule has 114 valence electrons. The number of hydrogen-bond donors (Lipinski definition) is 3. The van der Waals surface area contributed by atoms with Crippen LogP contribution in [0, 0.1) is 0 Å². The molecule has 0 aromatic heterocycles. The smallest absolute Gasteiger partial charge is 0.253 e. The Morgan fingerprint density at radius 1 is 1.33 bits per heavy atom. The van der Waals surface area contributed by atoms with Crippen molar-refractivity contribution in [3.05, 3.63) is 17.7 Å². The van der Waals surface area contributed by atoms with E-state index in [0.717, 1.165) is 0 Å². The number of nitrogen functional groups attached to an aromatic ring is 1. The Hall–Kier alpha value is -2.44. The SMILES string of the molecule is COc1cc(N)c(C(=O)NC2CCC(=O)NC2)cc1OC. The van der Waals surface area contributed by atoms with Gasteiger partial charge in [0.1, 0.15) is 0 Å². The number of piperidine rings is 1. The van der Waals surface area contributed by atoms with E-state index in [0.29, 0.717) is 42.1 Å². The van der Waals surface area contributed by atoms with Gasteiger partial charge in [0.15, 0.2) is 11.5 Å². The van der Waals surface area contributed by atoms with Crippen molar-refractivity contribution < 1.29 is 19.1 Å². The van der Waals surface area contributed by atoms with Gasteiger partial charge in [0.25, 0.3) is 5.91 Å². The Kier molecular flexibility index (Phi) is 4.52. The fraction of sp³-hybridized carbons (Fsp3) is 0.429. The van der Waals surface area contributed by atoms with Crippen LogP contribution < -0.4 is 25.8 Å². The number of amides is 2. The summed E-state index contributed by atoms with van der Waals surface area (Å²) < 4.78 is 10.3. The van der Waals surface area contributed by atoms with Crippen LogP contribution in [0.5, 0.6) is 11.5 Å². The molecule has 0 aliphatic carbocycles. The molecule has 2 amide bonds. The van der Waals surface area contributed by atoms with Crippen molar-refractivity contribution in [2.24, 2.45) is 0 Å². The van der Waals surface area contributed by atoms with Crippen molar-refractivity contribution >= 4 is 17.5 Å². The van der Waals surface area contributed by atoms with Gasteiger partial charge in [-0.2, -0.15) is 0 Å². The minimum atomic E-state index is -0.297. The summed E-state index contributed by atoms with van der Waals surface area (Å²) in [6.07, 6.45) is 1.02. The Bertz CT molecular complexity index is 549. The fourth-order valence-electron chi connectivity index (χ4n) is 2.21. The van der Waals surface area contributed by atoms with Crippen molar-refractivity contribution in [3.8, 4) is 11.5 Å². The normalized spacial score (nSPS) is 17.8. The number of ether oxygens (including phenoxy) is 2. The lowest BCUT2D eigenvalue weighted by atomic mass is 10.1. The summed E-state index contributed by atoms with van der Waals surface area (Å²) >= 11 is 0. The molecule has 2 rings (SSSR count). The molecule has 0 saturated carbocycles. The van der Waals surface area contributed by atoms with Crippen LogP contribution >= 0.6 is 0 Å². The van der Waals surface area contributed by atoms with Crippen molar-refractivity contribution in [2.75, 3.05) is 26.5 Å². The summed E-state index contributed by atoms with van der Waals surface area (Å²) in [5.41, 5.74) is 6.52. The van der Waals surface area contributed by atoms with E-state index in [2.05, 4.69) is 10.6 Å². The van der Waals surface area contributed by atoms with Crippen LogP contribution in [0.15, 0.2) is 12.1 Å². The second-order valence-corrected chi connectivity index (χ2v) is 4.81. The first-order chi connectivity index (χ1) is 10.0. The molecule has 1 aliphatic rings. The summed E-state index contributed by atoms with van der Waals surface area (Å²) in [6.45, 7) is 0.428. The summed E-state index contributed by atoms with van der Waals surface area (Å²) in [6, 6.07) is 3.00. The topological polar surface area (TPSA) is 103 Å². The van der Waals surface area contributed by atoms with Gasteiger partial charge < -0.3 is 25.8 Å². The molecule has 4 N–H and O–H groups in total. The van der Waals surface area contributed by atoms with E-state index < -0.39 is 0 Å². The van der Waals surface area contributed by atoms with Crippen LogP contribution in [-0.2, 0) is 4.79 Å². The van der Waals surface area contributed by atoms with Crippen LogP contribution in [0.25, 0.3) is 0 Å². The Morgan fingerprint density at radius 3 is 2.57 bits per heavy atom. The van der Waals surface area contributed by atoms with Gasteiger partial charge in [-0.3, -0.25) is 9.59 Å². The average Bonchev–Trinajstić information content (AvgIpc) is 2.49. The molecular weight excluding hydrogens is 274 g/mol. The van der Waals surface area contributed by atoms with Gasteiger partial charge in [-0.05, 0) is 12.5 Å². The molecule has 1 aliphatic heterocycles. The van der Waals surface area contributed by atoms with E-state index in [-0.39, 0.29) is 17.9 Å². The van der Waals surface area contributed by atoms with Crippen LogP contribution in [0.3, 0.4) is 0 Å². The maximum absolute atomic E-state index is 12.3. The van der Waals surface area contributed by atoms with E-state index in [1.165, 1.54) is 14.2 Å². The molecule has 0 radical (unpaired) electrons. The number of nitrogens with one attached hydrogen (secondary N) is 2. The Balaban J connectivity index is 2.13. The van der Waals surface area contributed by atoms with Gasteiger partial charge >= 0.3 is 0 Å². The third-order valence-corrected chi connectivity index (χ3v) is 3.40. The van der Waals surface area contributed by atoms with Crippen molar-refractivity contribution in [3.63, 3.8) is 0 Å². The van der Waals surface area contributed by atoms with Gasteiger partial charge in [0, 0.05) is 30.8 Å². The Morgan fingerprint density at radius 2 is 2.00 bits per heavy atom. The van der Waals surface area contributed by atoms with Crippen LogP contribution in [0.4, 0.5) is 5.69 Å². The predicted octanol–water partition coefficient (Wildman–Crippen LogP) is 0.294. The minimum Gasteiger partial charge on any atom is -0.493 e. The first kappa shape index (κ1) is 15.0. The van der Waals surface area contributed by atoms with Crippen LogP contribution in [-0.4, -0.2) is 38.6 Å². The lowest BCUT2D eigenvalue weighted by Crippen LogP contribution is -2.47. The summed E-state index contributed by atoms with van der Waals surface area (Å²) in [5, 5.41) is 5.57. The summed E-state index contributed by atoms with van der Waals surface area (Å²) in [7, 11) is 2.99. The number of carbonyl (C=O) groups excluding carboxylic acids is 2. The number of carbonyl (C=O) groups is 2. The molecule has 1 saturated heterocycles. The van der Waals surface area contributed by atoms with E-state index in [9.17, 15) is 9.59 Å². The predicted molar refractivity (Wildman–Crippen MR) is 77.5 cm³/mol. The number of anilines is 1. The lowest BCUT2D eigenvalue weighted by molar-refractivity contribution is -0.122. The van der Waals surface area contributed by atoms with E-state index in [1.807, 2.05) is 0 Å². The van der Waals surface area contributed by atoms with Crippen molar-refractivity contribution in [1.82, 2.24) is 10.6 Å². The molecule has 1 unspecified atom stereocenters. The molecule has 1 atom stereocenters. The number of nitrogens with two attached hydrogens (primary N) is 1. The molecule has 7 nitrogen and oxygen atoms in total. The third-order valence-electron chi connectivity index (χ3n) is 3.40. The van der Waals surface area contributed by atoms with Crippen LogP contribution in [0.2, 0.25) is 0 Å². The zero-order chi connectivity index (χ0) is 15.4. The maximum atomic E-state index is 12.3. The third kappa shape index (κ3) is 3.36. The fourth-order valence-corrected chi connectivity index (χ4v) is 2.21. The molecule has 0 spiro atoms. The highest BCUT2D eigenvalue weighted by atomic mass is 16.5. The number of rotatable bonds is 4. The van der Waals surface area contributed by atoms with E-state index in [4.69, 9.17) is 15.2 Å². The average molecular weight is 293 g/mol. The van der Waals surface area contributed by atoms with Gasteiger partial charge in [0.05, 0.1) is 19.8 Å². The summed E-state index contributed by atoms with van der Waals surface area (Å²) in [4.78, 5) is 23.4. The molecule has 0 bridgehead atoms. The first-order valence-electron chi connectivity index (χ1n) is 6.64. The quantitative estimate of drug-likeness (QED) is 0.693. The molecular formula is C14H19N3O4. The van der Waals surface area contributed by atoms with Gasteiger partial charge in [-0.15, -0.1) is 0 Å². The Labute approximate surface area is 122 Å². The first-order valence-corrected chi connectivity index (χ1v) is 6.64. The van der Waals surface area contributed by atoms with Crippen molar-refractivity contribution in [2.45, 2.75) is 18.9 Å². The van der Waals surface area contributed by atoms with Crippen LogP contribution in [0.1, 0.15) is 23.2 Å². The number of benzene rings is 1. The number of hydrogen-bond acceptors (Lipinski definition) is 5. The molecule has 1 fully saturated rings. The molecule has 21 heavy (non-hydrogen) atoms. The molecule has 1 heterocycles. The zero-order valence-electron chi connectivity index (χ0n) is 12.1. The minimum absolute atomic E-state index is 0.00568. The molecule has 7 heteroatoms. The van der Waals surface area contributed by atoms with Crippen molar-refractivity contribution in [1.29, 1.82) is 0 Å². The molecule has 1 aromatic carbocycles. The maximum Gasteiger partial charge on any atom is 0.253 e. The lowest BCUT2D eigenvalue weighted by Gasteiger charge is -2.24.